The molecule has 3 saturated carbocycles. The van der Waals surface area contributed by atoms with Crippen molar-refractivity contribution in [1.29, 1.82) is 0 Å². The topological polar surface area (TPSA) is 88.1 Å². The number of halogens is 1. The van der Waals surface area contributed by atoms with Gasteiger partial charge < -0.3 is 24.2 Å². The van der Waals surface area contributed by atoms with Crippen LogP contribution in [0.2, 0.25) is 0 Å². The number of benzene rings is 1. The van der Waals surface area contributed by atoms with E-state index in [-0.39, 0.29) is 40.4 Å². The van der Waals surface area contributed by atoms with Crippen molar-refractivity contribution in [3.8, 4) is 11.5 Å². The molecule has 4 atom stereocenters. The molecule has 3 saturated heterocycles. The van der Waals surface area contributed by atoms with Crippen LogP contribution in [0.3, 0.4) is 0 Å². The number of carbonyl (C=O) groups is 2. The van der Waals surface area contributed by atoms with Crippen LogP contribution >= 0.6 is 0 Å². The Balaban J connectivity index is 0.970. The van der Waals surface area contributed by atoms with Gasteiger partial charge in [0.25, 0.3) is 5.91 Å². The fourth-order valence-electron chi connectivity index (χ4n) is 9.54. The lowest BCUT2D eigenvalue weighted by Crippen LogP contribution is -2.61. The van der Waals surface area contributed by atoms with Gasteiger partial charge in [-0.05, 0) is 115 Å². The fraction of sp³-hybridized carbons (Fsp3) is 0.667. The molecule has 2 aromatic rings. The molecule has 1 amide bonds. The molecule has 10 heteroatoms. The molecule has 4 heterocycles. The van der Waals surface area contributed by atoms with Crippen LogP contribution in [0.15, 0.2) is 30.7 Å². The first-order chi connectivity index (χ1) is 22.0. The van der Waals surface area contributed by atoms with E-state index in [1.165, 1.54) is 56.8 Å². The number of rotatable bonds is 8. The predicted molar refractivity (Wildman–Crippen MR) is 172 cm³/mol. The molecule has 2 bridgehead atoms. The zero-order valence-corrected chi connectivity index (χ0v) is 27.7. The Kier molecular flexibility index (Phi) is 8.22. The van der Waals surface area contributed by atoms with Crippen molar-refractivity contribution in [2.75, 3.05) is 44.2 Å². The quantitative estimate of drug-likeness (QED) is 0.330. The SMILES string of the molecule is CC(C)N(C(=O)c1cc(F)ccc1Oc1cncnc1N1CC2(CCN(C[C@H]3CC4CC[C@H]3CC43COC(=O)C3)CC2)C1)C(C)C. The third-order valence-electron chi connectivity index (χ3n) is 11.9. The van der Waals surface area contributed by atoms with Crippen molar-refractivity contribution in [2.45, 2.75) is 84.7 Å². The highest BCUT2D eigenvalue weighted by Crippen LogP contribution is 2.58. The number of nitrogens with zero attached hydrogens (tertiary/aromatic N) is 5. The number of fused-ring (bicyclic) bond motifs is 2. The van der Waals surface area contributed by atoms with E-state index in [0.29, 0.717) is 36.3 Å². The van der Waals surface area contributed by atoms with Crippen molar-refractivity contribution >= 4 is 17.7 Å². The summed E-state index contributed by atoms with van der Waals surface area (Å²) in [5.74, 6) is 2.84. The predicted octanol–water partition coefficient (Wildman–Crippen LogP) is 5.94. The number of likely N-dealkylation sites (tertiary alicyclic amines) is 1. The zero-order valence-electron chi connectivity index (χ0n) is 27.7. The Morgan fingerprint density at radius 1 is 1.13 bits per heavy atom. The van der Waals surface area contributed by atoms with Crippen LogP contribution in [-0.2, 0) is 9.53 Å². The lowest BCUT2D eigenvalue weighted by atomic mass is 9.52. The maximum Gasteiger partial charge on any atom is 0.306 e. The van der Waals surface area contributed by atoms with E-state index in [2.05, 4.69) is 19.8 Å². The van der Waals surface area contributed by atoms with Gasteiger partial charge in [0.2, 0.25) is 0 Å². The van der Waals surface area contributed by atoms with Crippen molar-refractivity contribution in [1.82, 2.24) is 19.8 Å². The maximum atomic E-state index is 14.4. The summed E-state index contributed by atoms with van der Waals surface area (Å²) in [6.45, 7) is 13.7. The normalized spacial score (nSPS) is 28.6. The van der Waals surface area contributed by atoms with Crippen LogP contribution < -0.4 is 9.64 Å². The van der Waals surface area contributed by atoms with E-state index < -0.39 is 5.82 Å². The molecule has 1 aromatic carbocycles. The van der Waals surface area contributed by atoms with E-state index in [9.17, 15) is 14.0 Å². The standard InChI is InChI=1S/C36H48FN5O4/c1-23(2)42(24(3)4)34(44)29-14-28(37)7-8-30(29)46-31-17-38-22-39-33(31)41-19-35(20-41)9-11-40(12-10-35)18-26-13-27-6-5-25(26)15-36(27)16-32(43)45-21-36/h7-8,14,17,22-27H,5-6,9-13,15-16,18-21H2,1-4H3/t25-,26+,27?,36?/m0/s1. The number of hydrogen-bond donors (Lipinski definition) is 0. The first-order valence-corrected chi connectivity index (χ1v) is 17.3. The summed E-state index contributed by atoms with van der Waals surface area (Å²) in [6, 6.07) is 3.99. The molecule has 3 aliphatic carbocycles. The number of ether oxygens (including phenoxy) is 2. The molecule has 6 fully saturated rings. The second kappa shape index (κ2) is 12.1. The van der Waals surface area contributed by atoms with Crippen molar-refractivity contribution in [3.05, 3.63) is 42.1 Å². The molecule has 46 heavy (non-hydrogen) atoms. The summed E-state index contributed by atoms with van der Waals surface area (Å²) < 4.78 is 26.1. The van der Waals surface area contributed by atoms with Gasteiger partial charge in [-0.25, -0.2) is 14.4 Å². The lowest BCUT2D eigenvalue weighted by molar-refractivity contribution is -0.137. The molecule has 2 unspecified atom stereocenters. The van der Waals surface area contributed by atoms with Crippen LogP contribution in [0.1, 0.15) is 83.0 Å². The average molecular weight is 634 g/mol. The summed E-state index contributed by atoms with van der Waals surface area (Å²) in [7, 11) is 0. The van der Waals surface area contributed by atoms with Gasteiger partial charge in [-0.3, -0.25) is 9.59 Å². The van der Waals surface area contributed by atoms with Crippen LogP contribution in [-0.4, -0.2) is 83.1 Å². The van der Waals surface area contributed by atoms with Gasteiger partial charge >= 0.3 is 5.97 Å². The third-order valence-corrected chi connectivity index (χ3v) is 11.9. The van der Waals surface area contributed by atoms with Crippen LogP contribution in [0.4, 0.5) is 10.2 Å². The van der Waals surface area contributed by atoms with Gasteiger partial charge in [0.05, 0.1) is 24.8 Å². The number of piperidine rings is 1. The van der Waals surface area contributed by atoms with E-state index >= 15 is 0 Å². The molecule has 248 valence electrons. The van der Waals surface area contributed by atoms with Gasteiger partial charge in [-0.2, -0.15) is 0 Å². The second-order valence-corrected chi connectivity index (χ2v) is 15.4. The highest BCUT2D eigenvalue weighted by Gasteiger charge is 2.55. The summed E-state index contributed by atoms with van der Waals surface area (Å²) in [4.78, 5) is 41.0. The van der Waals surface area contributed by atoms with E-state index in [1.807, 2.05) is 27.7 Å². The van der Waals surface area contributed by atoms with E-state index in [4.69, 9.17) is 9.47 Å². The number of esters is 1. The Hall–Kier alpha value is -3.27. The maximum absolute atomic E-state index is 14.4. The van der Waals surface area contributed by atoms with Crippen molar-refractivity contribution in [3.63, 3.8) is 0 Å². The van der Waals surface area contributed by atoms with Gasteiger partial charge in [0.15, 0.2) is 11.6 Å². The average Bonchev–Trinajstić information content (AvgIpc) is 3.37. The molecular formula is C36H48FN5O4. The minimum absolute atomic E-state index is 0.00976. The van der Waals surface area contributed by atoms with Gasteiger partial charge in [0.1, 0.15) is 17.9 Å². The highest BCUT2D eigenvalue weighted by molar-refractivity contribution is 5.97. The smallest absolute Gasteiger partial charge is 0.306 e. The molecular weight excluding hydrogens is 585 g/mol. The first kappa shape index (κ1) is 31.3. The number of anilines is 1. The number of hydrogen-bond acceptors (Lipinski definition) is 8. The molecule has 0 N–H and O–H groups in total. The number of aromatic nitrogens is 2. The molecule has 1 aromatic heterocycles. The van der Waals surface area contributed by atoms with Crippen LogP contribution in [0.5, 0.6) is 11.5 Å². The van der Waals surface area contributed by atoms with E-state index in [0.717, 1.165) is 50.9 Å². The fourth-order valence-corrected chi connectivity index (χ4v) is 9.54. The Labute approximate surface area is 271 Å². The molecule has 6 aliphatic rings. The Morgan fingerprint density at radius 3 is 2.54 bits per heavy atom. The number of carbonyl (C=O) groups excluding carboxylic acids is 2. The monoisotopic (exact) mass is 633 g/mol. The number of cyclic esters (lactones) is 1. The van der Waals surface area contributed by atoms with Crippen LogP contribution in [0, 0.1) is 34.4 Å². The summed E-state index contributed by atoms with van der Waals surface area (Å²) in [5.41, 5.74) is 0.593. The van der Waals surface area contributed by atoms with Crippen molar-refractivity contribution < 1.29 is 23.5 Å². The summed E-state index contributed by atoms with van der Waals surface area (Å²) in [5, 5.41) is 0. The highest BCUT2D eigenvalue weighted by atomic mass is 19.1. The first-order valence-electron chi connectivity index (χ1n) is 17.3. The summed E-state index contributed by atoms with van der Waals surface area (Å²) >= 11 is 0. The molecule has 9 nitrogen and oxygen atoms in total. The molecule has 8 rings (SSSR count). The Bertz CT molecular complexity index is 1460. The summed E-state index contributed by atoms with van der Waals surface area (Å²) in [6.07, 6.45) is 11.1. The van der Waals surface area contributed by atoms with Gasteiger partial charge in [0, 0.05) is 42.5 Å². The van der Waals surface area contributed by atoms with Gasteiger partial charge in [-0.1, -0.05) is 0 Å². The molecule has 2 spiro atoms. The zero-order chi connectivity index (χ0) is 32.2. The van der Waals surface area contributed by atoms with Gasteiger partial charge in [-0.15, -0.1) is 0 Å². The lowest BCUT2D eigenvalue weighted by Gasteiger charge is -2.56. The second-order valence-electron chi connectivity index (χ2n) is 15.4. The Morgan fingerprint density at radius 2 is 1.89 bits per heavy atom. The third kappa shape index (κ3) is 5.75. The minimum Gasteiger partial charge on any atom is -0.465 e. The number of amides is 1. The molecule has 0 radical (unpaired) electrons. The van der Waals surface area contributed by atoms with Crippen LogP contribution in [0.25, 0.3) is 0 Å². The van der Waals surface area contributed by atoms with E-state index in [1.54, 1.807) is 11.1 Å². The molecule has 3 aliphatic heterocycles. The largest absolute Gasteiger partial charge is 0.465 e. The minimum atomic E-state index is -0.483. The van der Waals surface area contributed by atoms with Crippen molar-refractivity contribution in [2.24, 2.45) is 28.6 Å².